The minimum atomic E-state index is -4.41. The van der Waals surface area contributed by atoms with Gasteiger partial charge in [-0.2, -0.15) is 18.3 Å². The zero-order valence-corrected chi connectivity index (χ0v) is 20.6. The van der Waals surface area contributed by atoms with Gasteiger partial charge in [-0.25, -0.2) is 9.50 Å². The second kappa shape index (κ2) is 10.8. The molecule has 3 aromatic heterocycles. The molecular weight excluding hydrogens is 469 g/mol. The third-order valence-corrected chi connectivity index (χ3v) is 7.36. The SMILES string of the molecule is Cc1nn2c(C3CCCN(Cc4ccc(C(F)(F)F)nc4)C3)ccnc2c1CNCC1CCOCC1. The van der Waals surface area contributed by atoms with Gasteiger partial charge in [0.05, 0.1) is 11.4 Å². The number of hydrogen-bond donors (Lipinski definition) is 1. The van der Waals surface area contributed by atoms with E-state index in [9.17, 15) is 13.2 Å². The highest BCUT2D eigenvalue weighted by Gasteiger charge is 2.32. The standard InChI is InChI=1S/C26H33F3N6O/c1-18-22(15-30-13-19-7-11-36-12-8-19)25-31-9-6-23(35(25)33-18)21-3-2-10-34(17-21)16-20-4-5-24(32-14-20)26(27,28)29/h4-6,9,14,19,21,30H,2-3,7-8,10-13,15-17H2,1H3. The highest BCUT2D eigenvalue weighted by molar-refractivity contribution is 5.50. The highest BCUT2D eigenvalue weighted by atomic mass is 19.4. The lowest BCUT2D eigenvalue weighted by atomic mass is 9.94. The zero-order chi connectivity index (χ0) is 25.1. The van der Waals surface area contributed by atoms with Crippen molar-refractivity contribution in [2.45, 2.75) is 57.8 Å². The molecule has 0 spiro atoms. The number of rotatable bonds is 7. The second-order valence-electron chi connectivity index (χ2n) is 9.98. The fourth-order valence-electron chi connectivity index (χ4n) is 5.37. The molecule has 1 atom stereocenters. The quantitative estimate of drug-likeness (QED) is 0.518. The number of nitrogens with one attached hydrogen (secondary N) is 1. The maximum absolute atomic E-state index is 12.8. The predicted octanol–water partition coefficient (Wildman–Crippen LogP) is 4.35. The van der Waals surface area contributed by atoms with Crippen molar-refractivity contribution in [1.29, 1.82) is 0 Å². The molecule has 1 unspecified atom stereocenters. The Bertz CT molecular complexity index is 1160. The van der Waals surface area contributed by atoms with Crippen LogP contribution in [0.25, 0.3) is 5.65 Å². The van der Waals surface area contributed by atoms with Crippen LogP contribution in [-0.4, -0.2) is 57.3 Å². The van der Waals surface area contributed by atoms with E-state index in [0.717, 1.165) is 99.3 Å². The molecule has 36 heavy (non-hydrogen) atoms. The summed E-state index contributed by atoms with van der Waals surface area (Å²) < 4.78 is 46.0. The molecular formula is C26H33F3N6O. The fraction of sp³-hybridized carbons (Fsp3) is 0.577. The van der Waals surface area contributed by atoms with Crippen LogP contribution < -0.4 is 5.32 Å². The molecule has 5 rings (SSSR count). The molecule has 0 aromatic carbocycles. The first-order chi connectivity index (χ1) is 17.4. The van der Waals surface area contributed by atoms with E-state index in [-0.39, 0.29) is 5.92 Å². The number of fused-ring (bicyclic) bond motifs is 1. The van der Waals surface area contributed by atoms with Crippen molar-refractivity contribution in [2.75, 3.05) is 32.8 Å². The van der Waals surface area contributed by atoms with Gasteiger partial charge in [-0.15, -0.1) is 0 Å². The van der Waals surface area contributed by atoms with Crippen molar-refractivity contribution in [2.24, 2.45) is 5.92 Å². The summed E-state index contributed by atoms with van der Waals surface area (Å²) in [7, 11) is 0. The Morgan fingerprint density at radius 3 is 2.69 bits per heavy atom. The van der Waals surface area contributed by atoms with Crippen LogP contribution in [-0.2, 0) is 24.0 Å². The molecule has 2 fully saturated rings. The number of likely N-dealkylation sites (tertiary alicyclic amines) is 1. The van der Waals surface area contributed by atoms with Crippen molar-refractivity contribution >= 4 is 5.65 Å². The van der Waals surface area contributed by atoms with Crippen LogP contribution in [0.15, 0.2) is 30.6 Å². The Kier molecular flexibility index (Phi) is 7.55. The number of pyridine rings is 1. The van der Waals surface area contributed by atoms with Gasteiger partial charge in [0, 0.05) is 56.7 Å². The Hall–Kier alpha value is -2.56. The van der Waals surface area contributed by atoms with E-state index in [2.05, 4.69) is 20.2 Å². The smallest absolute Gasteiger partial charge is 0.381 e. The van der Waals surface area contributed by atoms with Crippen molar-refractivity contribution in [1.82, 2.24) is 29.8 Å². The molecule has 5 heterocycles. The molecule has 3 aromatic rings. The number of halogens is 3. The minimum Gasteiger partial charge on any atom is -0.381 e. The van der Waals surface area contributed by atoms with Crippen LogP contribution in [0.2, 0.25) is 0 Å². The first-order valence-corrected chi connectivity index (χ1v) is 12.7. The highest BCUT2D eigenvalue weighted by Crippen LogP contribution is 2.30. The summed E-state index contributed by atoms with van der Waals surface area (Å²) in [5.41, 5.74) is 4.08. The average molecular weight is 503 g/mol. The average Bonchev–Trinajstić information content (AvgIpc) is 3.20. The lowest BCUT2D eigenvalue weighted by Gasteiger charge is -2.33. The number of ether oxygens (including phenoxy) is 1. The second-order valence-corrected chi connectivity index (χ2v) is 9.98. The predicted molar refractivity (Wildman–Crippen MR) is 129 cm³/mol. The lowest BCUT2D eigenvalue weighted by Crippen LogP contribution is -2.34. The van der Waals surface area contributed by atoms with E-state index in [4.69, 9.17) is 9.84 Å². The van der Waals surface area contributed by atoms with Crippen LogP contribution >= 0.6 is 0 Å². The molecule has 2 aliphatic heterocycles. The zero-order valence-electron chi connectivity index (χ0n) is 20.6. The number of piperidine rings is 1. The van der Waals surface area contributed by atoms with Gasteiger partial charge in [0.2, 0.25) is 0 Å². The Balaban J connectivity index is 1.26. The van der Waals surface area contributed by atoms with Crippen LogP contribution in [0.3, 0.4) is 0 Å². The van der Waals surface area contributed by atoms with E-state index >= 15 is 0 Å². The van der Waals surface area contributed by atoms with Gasteiger partial charge in [-0.1, -0.05) is 6.07 Å². The minimum absolute atomic E-state index is 0.272. The van der Waals surface area contributed by atoms with E-state index in [1.165, 1.54) is 12.3 Å². The number of aryl methyl sites for hydroxylation is 1. The third-order valence-electron chi connectivity index (χ3n) is 7.36. The summed E-state index contributed by atoms with van der Waals surface area (Å²) in [6.45, 7) is 7.74. The Morgan fingerprint density at radius 1 is 1.11 bits per heavy atom. The monoisotopic (exact) mass is 502 g/mol. The van der Waals surface area contributed by atoms with Gasteiger partial charge in [-0.05, 0) is 69.3 Å². The van der Waals surface area contributed by atoms with Crippen LogP contribution in [0.5, 0.6) is 0 Å². The molecule has 2 aliphatic rings. The first-order valence-electron chi connectivity index (χ1n) is 12.7. The first kappa shape index (κ1) is 25.1. The van der Waals surface area contributed by atoms with E-state index in [1.54, 1.807) is 0 Å². The number of aromatic nitrogens is 4. The molecule has 2 saturated heterocycles. The Morgan fingerprint density at radius 2 is 1.94 bits per heavy atom. The van der Waals surface area contributed by atoms with Gasteiger partial charge in [0.15, 0.2) is 5.65 Å². The molecule has 0 aliphatic carbocycles. The van der Waals surface area contributed by atoms with E-state index < -0.39 is 11.9 Å². The summed E-state index contributed by atoms with van der Waals surface area (Å²) in [5.74, 6) is 0.923. The van der Waals surface area contributed by atoms with Crippen LogP contribution in [0.1, 0.15) is 59.8 Å². The van der Waals surface area contributed by atoms with E-state index in [0.29, 0.717) is 12.5 Å². The Labute approximate surface area is 209 Å². The summed E-state index contributed by atoms with van der Waals surface area (Å²) in [4.78, 5) is 10.6. The summed E-state index contributed by atoms with van der Waals surface area (Å²) in [6, 6.07) is 4.64. The molecule has 194 valence electrons. The number of nitrogens with zero attached hydrogens (tertiary/aromatic N) is 5. The summed E-state index contributed by atoms with van der Waals surface area (Å²) >= 11 is 0. The van der Waals surface area contributed by atoms with Crippen molar-refractivity contribution in [3.8, 4) is 0 Å². The molecule has 10 heteroatoms. The van der Waals surface area contributed by atoms with Gasteiger partial charge in [0.1, 0.15) is 5.69 Å². The molecule has 0 bridgehead atoms. The van der Waals surface area contributed by atoms with Gasteiger partial charge in [-0.3, -0.25) is 9.88 Å². The van der Waals surface area contributed by atoms with Gasteiger partial charge in [0.25, 0.3) is 0 Å². The van der Waals surface area contributed by atoms with Crippen LogP contribution in [0.4, 0.5) is 13.2 Å². The number of hydrogen-bond acceptors (Lipinski definition) is 6. The number of alkyl halides is 3. The third kappa shape index (κ3) is 5.71. The molecule has 0 amide bonds. The lowest BCUT2D eigenvalue weighted by molar-refractivity contribution is -0.141. The summed E-state index contributed by atoms with van der Waals surface area (Å²) in [6.07, 6.45) is 3.05. The normalized spacial score (nSPS) is 20.3. The maximum Gasteiger partial charge on any atom is 0.433 e. The molecule has 1 N–H and O–H groups in total. The molecule has 0 radical (unpaired) electrons. The van der Waals surface area contributed by atoms with Gasteiger partial charge < -0.3 is 10.1 Å². The topological polar surface area (TPSA) is 67.6 Å². The summed E-state index contributed by atoms with van der Waals surface area (Å²) in [5, 5.41) is 8.46. The van der Waals surface area contributed by atoms with Gasteiger partial charge >= 0.3 is 6.18 Å². The van der Waals surface area contributed by atoms with Crippen LogP contribution in [0, 0.1) is 12.8 Å². The van der Waals surface area contributed by atoms with Crippen molar-refractivity contribution in [3.63, 3.8) is 0 Å². The maximum atomic E-state index is 12.8. The van der Waals surface area contributed by atoms with Crippen molar-refractivity contribution in [3.05, 3.63) is 58.8 Å². The molecule has 0 saturated carbocycles. The largest absolute Gasteiger partial charge is 0.433 e. The fourth-order valence-corrected chi connectivity index (χ4v) is 5.37. The molecule has 7 nitrogen and oxygen atoms in total. The van der Waals surface area contributed by atoms with E-state index in [1.807, 2.05) is 23.7 Å². The van der Waals surface area contributed by atoms with Crippen molar-refractivity contribution < 1.29 is 17.9 Å².